The first-order valence-electron chi connectivity index (χ1n) is 6.27. The van der Waals surface area contributed by atoms with E-state index in [1.165, 1.54) is 0 Å². The second kappa shape index (κ2) is 5.26. The fourth-order valence-electron chi connectivity index (χ4n) is 2.22. The van der Waals surface area contributed by atoms with Crippen LogP contribution in [0.2, 0.25) is 0 Å². The zero-order valence-corrected chi connectivity index (χ0v) is 11.7. The van der Waals surface area contributed by atoms with Crippen molar-refractivity contribution in [3.8, 4) is 0 Å². The van der Waals surface area contributed by atoms with Crippen molar-refractivity contribution < 1.29 is 9.32 Å². The highest BCUT2D eigenvalue weighted by molar-refractivity contribution is 6.00. The Labute approximate surface area is 112 Å². The van der Waals surface area contributed by atoms with Crippen LogP contribution in [0, 0.1) is 20.8 Å². The average molecular weight is 258 g/mol. The lowest BCUT2D eigenvalue weighted by Gasteiger charge is -2.12. The maximum Gasteiger partial charge on any atom is 0.162 e. The van der Waals surface area contributed by atoms with Gasteiger partial charge in [-0.2, -0.15) is 0 Å². The minimum Gasteiger partial charge on any atom is -0.380 e. The molecule has 100 valence electrons. The molecule has 0 spiro atoms. The van der Waals surface area contributed by atoms with Crippen LogP contribution >= 0.6 is 0 Å². The zero-order valence-electron chi connectivity index (χ0n) is 11.7. The molecular weight excluding hydrogens is 240 g/mol. The smallest absolute Gasteiger partial charge is 0.162 e. The summed E-state index contributed by atoms with van der Waals surface area (Å²) < 4.78 is 5.13. The van der Waals surface area contributed by atoms with Gasteiger partial charge in [0.2, 0.25) is 0 Å². The van der Waals surface area contributed by atoms with Crippen molar-refractivity contribution >= 4 is 11.5 Å². The van der Waals surface area contributed by atoms with E-state index in [1.54, 1.807) is 6.92 Å². The molecule has 0 bridgehead atoms. The third-order valence-corrected chi connectivity index (χ3v) is 3.26. The van der Waals surface area contributed by atoms with Crippen molar-refractivity contribution in [2.75, 3.05) is 5.32 Å². The minimum absolute atomic E-state index is 0.0689. The molecule has 0 atom stereocenters. The Balaban J connectivity index is 2.25. The molecule has 4 nitrogen and oxygen atoms in total. The van der Waals surface area contributed by atoms with Crippen molar-refractivity contribution in [3.63, 3.8) is 0 Å². The Hall–Kier alpha value is -2.10. The number of carbonyl (C=O) groups is 1. The number of hydrogen-bond donors (Lipinski definition) is 1. The lowest BCUT2D eigenvalue weighted by molar-refractivity contribution is 0.101. The van der Waals surface area contributed by atoms with E-state index in [2.05, 4.69) is 10.5 Å². The molecule has 0 aliphatic heterocycles. The molecule has 4 heteroatoms. The van der Waals surface area contributed by atoms with Crippen molar-refractivity contribution in [2.24, 2.45) is 0 Å². The molecule has 2 rings (SSSR count). The number of Topliss-reactive ketones (excluding diaryl/α,β-unsaturated/α-hetero) is 1. The van der Waals surface area contributed by atoms with Gasteiger partial charge >= 0.3 is 0 Å². The van der Waals surface area contributed by atoms with E-state index < -0.39 is 0 Å². The molecule has 1 N–H and O–H groups in total. The van der Waals surface area contributed by atoms with Crippen LogP contribution in [-0.4, -0.2) is 10.9 Å². The highest BCUT2D eigenvalue weighted by atomic mass is 16.5. The van der Waals surface area contributed by atoms with Gasteiger partial charge in [-0.25, -0.2) is 0 Å². The maximum atomic E-state index is 11.7. The third kappa shape index (κ3) is 2.67. The molecular formula is C15H18N2O2. The number of aromatic nitrogens is 1. The Kier molecular flexibility index (Phi) is 3.69. The molecule has 0 saturated carbocycles. The second-order valence-electron chi connectivity index (χ2n) is 4.71. The van der Waals surface area contributed by atoms with E-state index in [1.807, 2.05) is 39.0 Å². The summed E-state index contributed by atoms with van der Waals surface area (Å²) >= 11 is 0. The predicted octanol–water partition coefficient (Wildman–Crippen LogP) is 3.41. The number of ketones is 1. The molecule has 0 radical (unpaired) electrons. The van der Waals surface area contributed by atoms with Crippen LogP contribution in [0.3, 0.4) is 0 Å². The SMILES string of the molecule is CC(=O)c1c(C)cccc1NCc1c(C)noc1C. The quantitative estimate of drug-likeness (QED) is 0.854. The Morgan fingerprint density at radius 3 is 2.63 bits per heavy atom. The van der Waals surface area contributed by atoms with Gasteiger partial charge in [0.05, 0.1) is 5.69 Å². The molecule has 0 unspecified atom stereocenters. The molecule has 0 fully saturated rings. The summed E-state index contributed by atoms with van der Waals surface area (Å²) in [7, 11) is 0. The highest BCUT2D eigenvalue weighted by Gasteiger charge is 2.12. The molecule has 0 saturated heterocycles. The van der Waals surface area contributed by atoms with Gasteiger partial charge in [-0.15, -0.1) is 0 Å². The molecule has 0 aliphatic carbocycles. The van der Waals surface area contributed by atoms with Crippen molar-refractivity contribution in [1.29, 1.82) is 0 Å². The molecule has 1 heterocycles. The van der Waals surface area contributed by atoms with E-state index >= 15 is 0 Å². The number of rotatable bonds is 4. The zero-order chi connectivity index (χ0) is 14.0. The largest absolute Gasteiger partial charge is 0.380 e. The lowest BCUT2D eigenvalue weighted by atomic mass is 10.0. The first-order valence-corrected chi connectivity index (χ1v) is 6.27. The van der Waals surface area contributed by atoms with Gasteiger partial charge in [0.15, 0.2) is 5.78 Å². The summed E-state index contributed by atoms with van der Waals surface area (Å²) in [6, 6.07) is 5.80. The Morgan fingerprint density at radius 1 is 1.32 bits per heavy atom. The predicted molar refractivity (Wildman–Crippen MR) is 74.5 cm³/mol. The van der Waals surface area contributed by atoms with Crippen LogP contribution in [0.15, 0.2) is 22.7 Å². The molecule has 19 heavy (non-hydrogen) atoms. The number of aryl methyl sites for hydroxylation is 3. The van der Waals surface area contributed by atoms with Crippen LogP contribution < -0.4 is 5.32 Å². The Bertz CT molecular complexity index is 595. The minimum atomic E-state index is 0.0689. The summed E-state index contributed by atoms with van der Waals surface area (Å²) in [5, 5.41) is 7.22. The number of carbonyl (C=O) groups excluding carboxylic acids is 1. The Morgan fingerprint density at radius 2 is 2.05 bits per heavy atom. The van der Waals surface area contributed by atoms with E-state index in [9.17, 15) is 4.79 Å². The summed E-state index contributed by atoms with van der Waals surface area (Å²) in [5.74, 6) is 0.876. The van der Waals surface area contributed by atoms with Crippen molar-refractivity contribution in [3.05, 3.63) is 46.3 Å². The van der Waals surface area contributed by atoms with E-state index in [0.717, 1.165) is 33.8 Å². The summed E-state index contributed by atoms with van der Waals surface area (Å²) in [5.41, 5.74) is 4.50. The van der Waals surface area contributed by atoms with Crippen LogP contribution in [-0.2, 0) is 6.54 Å². The summed E-state index contributed by atoms with van der Waals surface area (Å²) in [6.07, 6.45) is 0. The van der Waals surface area contributed by atoms with Gasteiger partial charge < -0.3 is 9.84 Å². The van der Waals surface area contributed by atoms with E-state index in [0.29, 0.717) is 6.54 Å². The second-order valence-corrected chi connectivity index (χ2v) is 4.71. The fourth-order valence-corrected chi connectivity index (χ4v) is 2.22. The molecule has 0 aliphatic rings. The number of hydrogen-bond acceptors (Lipinski definition) is 4. The molecule has 0 amide bonds. The van der Waals surface area contributed by atoms with Gasteiger partial charge in [0, 0.05) is 23.4 Å². The van der Waals surface area contributed by atoms with Gasteiger partial charge in [-0.3, -0.25) is 4.79 Å². The number of anilines is 1. The molecule has 1 aromatic heterocycles. The van der Waals surface area contributed by atoms with Crippen molar-refractivity contribution in [1.82, 2.24) is 5.16 Å². The molecule has 1 aromatic carbocycles. The van der Waals surface area contributed by atoms with E-state index in [-0.39, 0.29) is 5.78 Å². The highest BCUT2D eigenvalue weighted by Crippen LogP contribution is 2.22. The van der Waals surface area contributed by atoms with Gasteiger partial charge in [-0.05, 0) is 39.3 Å². The topological polar surface area (TPSA) is 55.1 Å². The maximum absolute atomic E-state index is 11.7. The van der Waals surface area contributed by atoms with Crippen LogP contribution in [0.1, 0.15) is 39.9 Å². The normalized spacial score (nSPS) is 10.5. The average Bonchev–Trinajstić information content (AvgIpc) is 2.66. The first kappa shape index (κ1) is 13.3. The number of nitrogens with zero attached hydrogens (tertiary/aromatic N) is 1. The standard InChI is InChI=1S/C15H18N2O2/c1-9-6-5-7-14(15(9)11(3)18)16-8-13-10(2)17-19-12(13)4/h5-7,16H,8H2,1-4H3. The lowest BCUT2D eigenvalue weighted by Crippen LogP contribution is -2.07. The number of nitrogens with one attached hydrogen (secondary N) is 1. The first-order chi connectivity index (χ1) is 9.00. The number of benzene rings is 1. The van der Waals surface area contributed by atoms with Crippen LogP contribution in [0.4, 0.5) is 5.69 Å². The van der Waals surface area contributed by atoms with Crippen molar-refractivity contribution in [2.45, 2.75) is 34.2 Å². The monoisotopic (exact) mass is 258 g/mol. The van der Waals surface area contributed by atoms with Crippen LogP contribution in [0.5, 0.6) is 0 Å². The summed E-state index contributed by atoms with van der Waals surface area (Å²) in [6.45, 7) is 7.93. The van der Waals surface area contributed by atoms with Crippen LogP contribution in [0.25, 0.3) is 0 Å². The fraction of sp³-hybridized carbons (Fsp3) is 0.333. The van der Waals surface area contributed by atoms with Gasteiger partial charge in [-0.1, -0.05) is 17.3 Å². The van der Waals surface area contributed by atoms with E-state index in [4.69, 9.17) is 4.52 Å². The van der Waals surface area contributed by atoms with Gasteiger partial charge in [0.25, 0.3) is 0 Å². The molecule has 2 aromatic rings. The summed E-state index contributed by atoms with van der Waals surface area (Å²) in [4.78, 5) is 11.7. The third-order valence-electron chi connectivity index (χ3n) is 3.26. The van der Waals surface area contributed by atoms with Gasteiger partial charge in [0.1, 0.15) is 5.76 Å².